The smallest absolute Gasteiger partial charge is 0.251 e. The highest BCUT2D eigenvalue weighted by molar-refractivity contribution is 5.94. The zero-order valence-corrected chi connectivity index (χ0v) is 16.7. The zero-order chi connectivity index (χ0) is 20.2. The van der Waals surface area contributed by atoms with Gasteiger partial charge in [-0.3, -0.25) is 9.69 Å². The number of methoxy groups -OCH3 is 1. The number of amides is 1. The van der Waals surface area contributed by atoms with Crippen LogP contribution in [-0.2, 0) is 4.74 Å². The molecule has 1 aliphatic carbocycles. The predicted molar refractivity (Wildman–Crippen MR) is 109 cm³/mol. The van der Waals surface area contributed by atoms with Crippen molar-refractivity contribution in [3.63, 3.8) is 0 Å². The van der Waals surface area contributed by atoms with Gasteiger partial charge in [-0.2, -0.15) is 0 Å². The van der Waals surface area contributed by atoms with E-state index in [1.807, 2.05) is 18.2 Å². The van der Waals surface area contributed by atoms with Gasteiger partial charge in [-0.1, -0.05) is 12.1 Å². The van der Waals surface area contributed by atoms with Crippen molar-refractivity contribution in [1.29, 1.82) is 0 Å². The van der Waals surface area contributed by atoms with Gasteiger partial charge in [-0.25, -0.2) is 4.39 Å². The van der Waals surface area contributed by atoms with Crippen molar-refractivity contribution in [2.24, 2.45) is 0 Å². The predicted octanol–water partition coefficient (Wildman–Crippen LogP) is 3.52. The summed E-state index contributed by atoms with van der Waals surface area (Å²) in [5.74, 6) is 0.946. The Labute approximate surface area is 170 Å². The van der Waals surface area contributed by atoms with Crippen molar-refractivity contribution in [3.05, 3.63) is 65.0 Å². The molecule has 6 heteroatoms. The maximum atomic E-state index is 13.8. The molecule has 4 rings (SSSR count). The maximum Gasteiger partial charge on any atom is 0.251 e. The summed E-state index contributed by atoms with van der Waals surface area (Å²) >= 11 is 0. The molecule has 29 heavy (non-hydrogen) atoms. The van der Waals surface area contributed by atoms with Gasteiger partial charge >= 0.3 is 0 Å². The Hall–Kier alpha value is -2.44. The average Bonchev–Trinajstić information content (AvgIpc) is 3.59. The molecule has 0 aromatic heterocycles. The molecule has 1 saturated heterocycles. The number of hydrogen-bond donors (Lipinski definition) is 1. The second-order valence-corrected chi connectivity index (χ2v) is 7.66. The fourth-order valence-electron chi connectivity index (χ4n) is 3.94. The van der Waals surface area contributed by atoms with Gasteiger partial charge < -0.3 is 14.8 Å². The van der Waals surface area contributed by atoms with E-state index in [1.54, 1.807) is 25.3 Å². The Morgan fingerprint density at radius 3 is 2.72 bits per heavy atom. The summed E-state index contributed by atoms with van der Waals surface area (Å²) in [4.78, 5) is 15.1. The van der Waals surface area contributed by atoms with E-state index >= 15 is 0 Å². The molecule has 1 atom stereocenters. The molecule has 0 radical (unpaired) electrons. The molecular formula is C23H27FN2O3. The number of nitrogens with zero attached hydrogens (tertiary/aromatic N) is 1. The summed E-state index contributed by atoms with van der Waals surface area (Å²) in [6.07, 6.45) is 2.28. The summed E-state index contributed by atoms with van der Waals surface area (Å²) in [6.45, 7) is 3.20. The topological polar surface area (TPSA) is 50.8 Å². The molecular weight excluding hydrogens is 371 g/mol. The monoisotopic (exact) mass is 398 g/mol. The Morgan fingerprint density at radius 1 is 1.24 bits per heavy atom. The van der Waals surface area contributed by atoms with E-state index in [1.165, 1.54) is 6.07 Å². The van der Waals surface area contributed by atoms with Gasteiger partial charge in [0.2, 0.25) is 0 Å². The Kier molecular flexibility index (Phi) is 6.11. The lowest BCUT2D eigenvalue weighted by molar-refractivity contribution is 0.0162. The number of carbonyl (C=O) groups excluding carboxylic acids is 1. The first-order valence-corrected chi connectivity index (χ1v) is 10.2. The number of carbonyl (C=O) groups is 1. The van der Waals surface area contributed by atoms with E-state index in [-0.39, 0.29) is 17.8 Å². The van der Waals surface area contributed by atoms with E-state index in [0.717, 1.165) is 42.8 Å². The maximum absolute atomic E-state index is 13.8. The van der Waals surface area contributed by atoms with E-state index in [9.17, 15) is 9.18 Å². The molecule has 154 valence electrons. The minimum Gasteiger partial charge on any atom is -0.496 e. The minimum absolute atomic E-state index is 0.0975. The van der Waals surface area contributed by atoms with Crippen LogP contribution in [0.2, 0.25) is 0 Å². The molecule has 5 nitrogen and oxygen atoms in total. The van der Waals surface area contributed by atoms with E-state index in [2.05, 4.69) is 10.2 Å². The van der Waals surface area contributed by atoms with Crippen molar-refractivity contribution < 1.29 is 18.7 Å². The van der Waals surface area contributed by atoms with Gasteiger partial charge in [0.05, 0.1) is 26.4 Å². The van der Waals surface area contributed by atoms with Crippen molar-refractivity contribution in [1.82, 2.24) is 10.2 Å². The third-order valence-electron chi connectivity index (χ3n) is 5.68. The van der Waals surface area contributed by atoms with Crippen LogP contribution >= 0.6 is 0 Å². The number of benzene rings is 2. The molecule has 1 heterocycles. The van der Waals surface area contributed by atoms with E-state index < -0.39 is 0 Å². The molecule has 1 aliphatic heterocycles. The highest BCUT2D eigenvalue weighted by Crippen LogP contribution is 2.44. The third kappa shape index (κ3) is 4.77. The van der Waals surface area contributed by atoms with Crippen LogP contribution in [-0.4, -0.2) is 50.8 Å². The fourth-order valence-corrected chi connectivity index (χ4v) is 3.94. The van der Waals surface area contributed by atoms with Gasteiger partial charge in [-0.05, 0) is 60.2 Å². The molecule has 2 aromatic rings. The molecule has 2 fully saturated rings. The average molecular weight is 398 g/mol. The van der Waals surface area contributed by atoms with Gasteiger partial charge in [-0.15, -0.1) is 0 Å². The Balaban J connectivity index is 1.49. The van der Waals surface area contributed by atoms with Crippen LogP contribution in [0.25, 0.3) is 0 Å². The van der Waals surface area contributed by atoms with Crippen molar-refractivity contribution in [2.75, 3.05) is 40.0 Å². The van der Waals surface area contributed by atoms with Crippen LogP contribution in [0.1, 0.15) is 46.3 Å². The normalized spacial score (nSPS) is 18.3. The first kappa shape index (κ1) is 19.9. The molecule has 1 unspecified atom stereocenters. The molecule has 0 spiro atoms. The Bertz CT molecular complexity index is 863. The number of halogens is 1. The fraction of sp³-hybridized carbons (Fsp3) is 0.435. The van der Waals surface area contributed by atoms with Crippen LogP contribution in [0.15, 0.2) is 42.5 Å². The quantitative estimate of drug-likeness (QED) is 0.776. The van der Waals surface area contributed by atoms with E-state index in [4.69, 9.17) is 9.47 Å². The molecule has 1 N–H and O–H groups in total. The second-order valence-electron chi connectivity index (χ2n) is 7.66. The molecule has 1 amide bonds. The number of ether oxygens (including phenoxy) is 2. The lowest BCUT2D eigenvalue weighted by Gasteiger charge is -2.35. The SMILES string of the molecule is COc1ccc(C(=O)NCC(c2cccc(F)c2)N2CCOCC2)cc1C1CC1. The minimum atomic E-state index is -0.267. The highest BCUT2D eigenvalue weighted by atomic mass is 19.1. The van der Waals surface area contributed by atoms with Crippen LogP contribution in [0.5, 0.6) is 5.75 Å². The summed E-state index contributed by atoms with van der Waals surface area (Å²) in [5, 5.41) is 3.05. The van der Waals surface area contributed by atoms with Crippen LogP contribution < -0.4 is 10.1 Å². The van der Waals surface area contributed by atoms with Crippen molar-refractivity contribution >= 4 is 5.91 Å². The van der Waals surface area contributed by atoms with Crippen LogP contribution in [0, 0.1) is 5.82 Å². The molecule has 0 bridgehead atoms. The summed E-state index contributed by atoms with van der Waals surface area (Å²) in [6, 6.07) is 12.1. The Morgan fingerprint density at radius 2 is 2.03 bits per heavy atom. The number of morpholine rings is 1. The van der Waals surface area contributed by atoms with Crippen LogP contribution in [0.3, 0.4) is 0 Å². The van der Waals surface area contributed by atoms with Gasteiger partial charge in [0.1, 0.15) is 11.6 Å². The highest BCUT2D eigenvalue weighted by Gasteiger charge is 2.28. The van der Waals surface area contributed by atoms with Crippen LogP contribution in [0.4, 0.5) is 4.39 Å². The molecule has 2 aromatic carbocycles. The molecule has 1 saturated carbocycles. The summed E-state index contributed by atoms with van der Waals surface area (Å²) in [5.41, 5.74) is 2.60. The zero-order valence-electron chi connectivity index (χ0n) is 16.7. The lowest BCUT2D eigenvalue weighted by Crippen LogP contribution is -2.43. The first-order chi connectivity index (χ1) is 14.2. The van der Waals surface area contributed by atoms with Crippen molar-refractivity contribution in [2.45, 2.75) is 24.8 Å². The van der Waals surface area contributed by atoms with Gasteiger partial charge in [0.15, 0.2) is 0 Å². The number of rotatable bonds is 7. The second kappa shape index (κ2) is 8.93. The number of hydrogen-bond acceptors (Lipinski definition) is 4. The van der Waals surface area contributed by atoms with Gasteiger partial charge in [0.25, 0.3) is 5.91 Å². The largest absolute Gasteiger partial charge is 0.496 e. The lowest BCUT2D eigenvalue weighted by atomic mass is 10.0. The third-order valence-corrected chi connectivity index (χ3v) is 5.68. The molecule has 2 aliphatic rings. The van der Waals surface area contributed by atoms with E-state index in [0.29, 0.717) is 31.2 Å². The van der Waals surface area contributed by atoms with Crippen molar-refractivity contribution in [3.8, 4) is 5.75 Å². The first-order valence-electron chi connectivity index (χ1n) is 10.2. The summed E-state index contributed by atoms with van der Waals surface area (Å²) < 4.78 is 24.7. The van der Waals surface area contributed by atoms with Gasteiger partial charge in [0, 0.05) is 25.2 Å². The number of nitrogens with one attached hydrogen (secondary N) is 1. The standard InChI is InChI=1S/C23H27FN2O3/c1-28-22-8-7-18(14-20(22)16-5-6-16)23(27)25-15-21(26-9-11-29-12-10-26)17-3-2-4-19(24)13-17/h2-4,7-8,13-14,16,21H,5-6,9-12,15H2,1H3,(H,25,27). The summed E-state index contributed by atoms with van der Waals surface area (Å²) in [7, 11) is 1.66.